The lowest BCUT2D eigenvalue weighted by molar-refractivity contribution is 0.439. The average molecular weight is 186 g/mol. The molecule has 66 valence electrons. The Hall–Kier alpha value is -1.07. The summed E-state index contributed by atoms with van der Waals surface area (Å²) in [7, 11) is 0. The summed E-state index contributed by atoms with van der Waals surface area (Å²) in [5.41, 5.74) is 6.63. The van der Waals surface area contributed by atoms with Crippen LogP contribution in [0.5, 0.6) is 5.75 Å². The van der Waals surface area contributed by atoms with Crippen LogP contribution in [0.4, 0.5) is 5.69 Å². The molecule has 2 N–H and O–H groups in total. The smallest absolute Gasteiger partial charge is 0.144 e. The van der Waals surface area contributed by atoms with Crippen molar-refractivity contribution in [2.45, 2.75) is 6.92 Å². The highest BCUT2D eigenvalue weighted by Crippen LogP contribution is 2.20. The lowest BCUT2D eigenvalue weighted by Gasteiger charge is -2.09. The van der Waals surface area contributed by atoms with E-state index in [-0.39, 0.29) is 5.75 Å². The zero-order valence-electron chi connectivity index (χ0n) is 6.44. The van der Waals surface area contributed by atoms with Gasteiger partial charge in [0.1, 0.15) is 17.1 Å². The lowest BCUT2D eigenvalue weighted by Crippen LogP contribution is -2.00. The van der Waals surface area contributed by atoms with Crippen LogP contribution in [0.1, 0.15) is 5.56 Å². The molecule has 1 aromatic carbocycles. The van der Waals surface area contributed by atoms with E-state index in [2.05, 4.69) is 4.18 Å². The van der Waals surface area contributed by atoms with Crippen LogP contribution in [0.2, 0.25) is 0 Å². The summed E-state index contributed by atoms with van der Waals surface area (Å²) in [6.45, 7) is 1.74. The molecule has 5 heteroatoms. The summed E-state index contributed by atoms with van der Waals surface area (Å²) in [5, 5.41) is 0. The molecule has 4 nitrogen and oxygen atoms in total. The van der Waals surface area contributed by atoms with E-state index in [4.69, 9.17) is 5.73 Å². The Labute approximate surface area is 72.8 Å². The zero-order valence-corrected chi connectivity index (χ0v) is 7.26. The lowest BCUT2D eigenvalue weighted by atomic mass is 10.2. The molecule has 1 unspecified atom stereocenters. The Morgan fingerprint density at radius 3 is 2.83 bits per heavy atom. The minimum atomic E-state index is -2.54. The third-order valence-electron chi connectivity index (χ3n) is 1.37. The van der Waals surface area contributed by atoms with Crippen molar-refractivity contribution >= 4 is 17.0 Å². The molecule has 0 spiro atoms. The van der Waals surface area contributed by atoms with Crippen LogP contribution in [-0.2, 0) is 11.4 Å². The highest BCUT2D eigenvalue weighted by Gasteiger charge is 1.99. The Balaban J connectivity index is 2.97. The molecule has 0 fully saturated rings. The maximum atomic E-state index is 10.2. The molecular formula is C7H8NO3S-. The molecule has 0 saturated heterocycles. The van der Waals surface area contributed by atoms with Crippen molar-refractivity contribution in [2.24, 2.45) is 0 Å². The second kappa shape index (κ2) is 3.55. The van der Waals surface area contributed by atoms with E-state index in [0.717, 1.165) is 5.56 Å². The van der Waals surface area contributed by atoms with Gasteiger partial charge in [-0.25, -0.2) is 4.21 Å². The number of nitrogens with two attached hydrogens (primary N) is 1. The minimum Gasteiger partial charge on any atom is -0.740 e. The molecule has 0 bridgehead atoms. The first-order valence-electron chi connectivity index (χ1n) is 3.23. The molecule has 1 aromatic rings. The number of rotatable bonds is 2. The highest BCUT2D eigenvalue weighted by molar-refractivity contribution is 7.74. The van der Waals surface area contributed by atoms with Crippen LogP contribution < -0.4 is 9.92 Å². The maximum absolute atomic E-state index is 10.2. The fourth-order valence-corrected chi connectivity index (χ4v) is 1.11. The van der Waals surface area contributed by atoms with Gasteiger partial charge in [0.2, 0.25) is 0 Å². The number of hydrogen-bond acceptors (Lipinski definition) is 4. The molecule has 1 rings (SSSR count). The zero-order chi connectivity index (χ0) is 9.14. The summed E-state index contributed by atoms with van der Waals surface area (Å²) >= 11 is -2.54. The molecule has 0 radical (unpaired) electrons. The molecule has 0 saturated carbocycles. The molecule has 0 aliphatic heterocycles. The van der Waals surface area contributed by atoms with E-state index in [0.29, 0.717) is 5.69 Å². The summed E-state index contributed by atoms with van der Waals surface area (Å²) in [4.78, 5) is 0. The van der Waals surface area contributed by atoms with Gasteiger partial charge in [-0.15, -0.1) is 0 Å². The average Bonchev–Trinajstić information content (AvgIpc) is 1.96. The van der Waals surface area contributed by atoms with Gasteiger partial charge >= 0.3 is 0 Å². The predicted octanol–water partition coefficient (Wildman–Crippen LogP) is 0.750. The van der Waals surface area contributed by atoms with Gasteiger partial charge in [-0.1, -0.05) is 6.07 Å². The molecule has 0 aliphatic carbocycles. The first-order chi connectivity index (χ1) is 5.59. The van der Waals surface area contributed by atoms with Crippen molar-refractivity contribution in [2.75, 3.05) is 5.73 Å². The van der Waals surface area contributed by atoms with Gasteiger partial charge < -0.3 is 14.5 Å². The van der Waals surface area contributed by atoms with E-state index in [9.17, 15) is 8.76 Å². The van der Waals surface area contributed by atoms with Crippen LogP contribution in [-0.4, -0.2) is 8.76 Å². The number of anilines is 1. The van der Waals surface area contributed by atoms with Gasteiger partial charge in [-0.3, -0.25) is 0 Å². The van der Waals surface area contributed by atoms with Gasteiger partial charge in [0.15, 0.2) is 0 Å². The third-order valence-corrected chi connectivity index (χ3v) is 1.69. The van der Waals surface area contributed by atoms with Crippen LogP contribution in [0.15, 0.2) is 18.2 Å². The van der Waals surface area contributed by atoms with Crippen molar-refractivity contribution < 1.29 is 12.9 Å². The van der Waals surface area contributed by atoms with E-state index in [1.165, 1.54) is 6.07 Å². The number of hydrogen-bond donors (Lipinski definition) is 1. The number of aryl methyl sites for hydroxylation is 1. The second-order valence-electron chi connectivity index (χ2n) is 2.31. The first kappa shape index (κ1) is 9.02. The Morgan fingerprint density at radius 2 is 2.25 bits per heavy atom. The topological polar surface area (TPSA) is 75.4 Å². The Bertz CT molecular complexity index is 314. The maximum Gasteiger partial charge on any atom is 0.144 e. The van der Waals surface area contributed by atoms with E-state index < -0.39 is 11.4 Å². The molecule has 12 heavy (non-hydrogen) atoms. The molecule has 0 aromatic heterocycles. The van der Waals surface area contributed by atoms with Gasteiger partial charge in [0, 0.05) is 11.8 Å². The van der Waals surface area contributed by atoms with Crippen LogP contribution in [0.3, 0.4) is 0 Å². The molecule has 0 heterocycles. The van der Waals surface area contributed by atoms with Crippen LogP contribution in [0.25, 0.3) is 0 Å². The van der Waals surface area contributed by atoms with Gasteiger partial charge in [-0.2, -0.15) is 0 Å². The monoisotopic (exact) mass is 186 g/mol. The quantitative estimate of drug-likeness (QED) is 0.546. The van der Waals surface area contributed by atoms with Crippen molar-refractivity contribution in [3.8, 4) is 5.75 Å². The van der Waals surface area contributed by atoms with Crippen LogP contribution >= 0.6 is 0 Å². The fourth-order valence-electron chi connectivity index (χ4n) is 0.780. The molecule has 1 atom stereocenters. The summed E-state index contributed by atoms with van der Waals surface area (Å²) < 4.78 is 24.8. The normalized spacial score (nSPS) is 12.5. The van der Waals surface area contributed by atoms with E-state index in [1.54, 1.807) is 19.1 Å². The number of nitrogen functional groups attached to an aromatic ring is 1. The standard InChI is InChI=1S/C7H9NO3S/c1-5-2-3-6(8)4-7(5)11-12(9)10/h2-4H,8H2,1H3,(H,9,10)/p-1. The molecule has 0 aliphatic rings. The van der Waals surface area contributed by atoms with E-state index in [1.807, 2.05) is 0 Å². The Kier molecular flexibility index (Phi) is 2.67. The van der Waals surface area contributed by atoms with Crippen molar-refractivity contribution in [1.82, 2.24) is 0 Å². The fraction of sp³-hybridized carbons (Fsp3) is 0.143. The summed E-state index contributed by atoms with van der Waals surface area (Å²) in [6.07, 6.45) is 0. The highest BCUT2D eigenvalue weighted by atomic mass is 32.2. The largest absolute Gasteiger partial charge is 0.740 e. The SMILES string of the molecule is Cc1ccc(N)cc1OS(=O)[O-]. The molecule has 0 amide bonds. The summed E-state index contributed by atoms with van der Waals surface area (Å²) in [6, 6.07) is 4.83. The summed E-state index contributed by atoms with van der Waals surface area (Å²) in [5.74, 6) is 0.267. The minimum absolute atomic E-state index is 0.267. The number of benzene rings is 1. The van der Waals surface area contributed by atoms with Gasteiger partial charge in [-0.05, 0) is 18.6 Å². The first-order valence-corrected chi connectivity index (χ1v) is 4.23. The predicted molar refractivity (Wildman–Crippen MR) is 45.1 cm³/mol. The van der Waals surface area contributed by atoms with Gasteiger partial charge in [0.05, 0.1) is 0 Å². The van der Waals surface area contributed by atoms with Crippen molar-refractivity contribution in [3.63, 3.8) is 0 Å². The third kappa shape index (κ3) is 2.21. The molecular weight excluding hydrogens is 178 g/mol. The van der Waals surface area contributed by atoms with Crippen LogP contribution in [0, 0.1) is 6.92 Å². The van der Waals surface area contributed by atoms with E-state index >= 15 is 0 Å². The Morgan fingerprint density at radius 1 is 1.58 bits per heavy atom. The van der Waals surface area contributed by atoms with Crippen molar-refractivity contribution in [3.05, 3.63) is 23.8 Å². The van der Waals surface area contributed by atoms with Crippen molar-refractivity contribution in [1.29, 1.82) is 0 Å². The van der Waals surface area contributed by atoms with Gasteiger partial charge in [0.25, 0.3) is 0 Å². The second-order valence-corrected chi connectivity index (χ2v) is 2.89.